The number of anilines is 1. The molecular weight excluding hydrogens is 324 g/mol. The van der Waals surface area contributed by atoms with E-state index in [1.807, 2.05) is 36.4 Å². The van der Waals surface area contributed by atoms with Crippen molar-refractivity contribution in [1.82, 2.24) is 4.72 Å². The molecule has 6 heteroatoms. The quantitative estimate of drug-likeness (QED) is 0.750. The largest absolute Gasteiger partial charge is 0.324 e. The van der Waals surface area contributed by atoms with E-state index >= 15 is 0 Å². The van der Waals surface area contributed by atoms with E-state index < -0.39 is 15.9 Å². The van der Waals surface area contributed by atoms with Gasteiger partial charge in [-0.2, -0.15) is 0 Å². The number of amides is 1. The maximum Gasteiger partial charge on any atom is 0.241 e. The highest BCUT2D eigenvalue weighted by Crippen LogP contribution is 2.22. The Morgan fingerprint density at radius 3 is 2.29 bits per heavy atom. The van der Waals surface area contributed by atoms with Crippen molar-refractivity contribution in [2.45, 2.75) is 4.90 Å². The smallest absolute Gasteiger partial charge is 0.241 e. The highest BCUT2D eigenvalue weighted by molar-refractivity contribution is 7.89. The Morgan fingerprint density at radius 2 is 1.50 bits per heavy atom. The molecule has 3 aromatic carbocycles. The Bertz CT molecular complexity index is 964. The zero-order valence-corrected chi connectivity index (χ0v) is 13.6. The summed E-state index contributed by atoms with van der Waals surface area (Å²) in [4.78, 5) is 12.2. The normalized spacial score (nSPS) is 11.3. The number of benzene rings is 3. The summed E-state index contributed by atoms with van der Waals surface area (Å²) in [6.45, 7) is -0.333. The third kappa shape index (κ3) is 3.61. The molecule has 5 nitrogen and oxygen atoms in total. The number of hydrogen-bond acceptors (Lipinski definition) is 3. The van der Waals surface area contributed by atoms with Gasteiger partial charge in [0.2, 0.25) is 15.9 Å². The second kappa shape index (κ2) is 6.82. The van der Waals surface area contributed by atoms with Gasteiger partial charge in [0.1, 0.15) is 0 Å². The van der Waals surface area contributed by atoms with Crippen molar-refractivity contribution in [2.75, 3.05) is 11.9 Å². The molecule has 0 heterocycles. The van der Waals surface area contributed by atoms with Gasteiger partial charge in [0.25, 0.3) is 0 Å². The monoisotopic (exact) mass is 340 g/mol. The van der Waals surface area contributed by atoms with Gasteiger partial charge in [-0.25, -0.2) is 13.1 Å². The maximum atomic E-state index is 12.1. The topological polar surface area (TPSA) is 75.3 Å². The molecule has 3 rings (SSSR count). The van der Waals surface area contributed by atoms with Crippen LogP contribution >= 0.6 is 0 Å². The lowest BCUT2D eigenvalue weighted by molar-refractivity contribution is -0.115. The third-order valence-corrected chi connectivity index (χ3v) is 4.96. The molecule has 0 radical (unpaired) electrons. The standard InChI is InChI=1S/C18H16N2O3S/c21-18(13-19-24(22,23)15-9-2-1-3-10-15)20-17-12-6-8-14-7-4-5-11-16(14)17/h1-12,19H,13H2,(H,20,21). The SMILES string of the molecule is O=C(CNS(=O)(=O)c1ccccc1)Nc1cccc2ccccc12. The zero-order valence-electron chi connectivity index (χ0n) is 12.8. The third-order valence-electron chi connectivity index (χ3n) is 3.54. The van der Waals surface area contributed by atoms with Crippen molar-refractivity contribution in [3.05, 3.63) is 72.8 Å². The lowest BCUT2D eigenvalue weighted by atomic mass is 10.1. The molecular formula is C18H16N2O3S. The van der Waals surface area contributed by atoms with E-state index in [2.05, 4.69) is 10.0 Å². The molecule has 0 aliphatic carbocycles. The van der Waals surface area contributed by atoms with Crippen molar-refractivity contribution >= 4 is 32.4 Å². The Kier molecular flexibility index (Phi) is 4.59. The predicted octanol–water partition coefficient (Wildman–Crippen LogP) is 2.76. The predicted molar refractivity (Wildman–Crippen MR) is 94.2 cm³/mol. The number of hydrogen-bond donors (Lipinski definition) is 2. The molecule has 0 saturated heterocycles. The van der Waals surface area contributed by atoms with Crippen molar-refractivity contribution in [1.29, 1.82) is 0 Å². The van der Waals surface area contributed by atoms with Crippen LogP contribution in [0.5, 0.6) is 0 Å². The number of nitrogens with one attached hydrogen (secondary N) is 2. The van der Waals surface area contributed by atoms with Crippen LogP contribution in [0.1, 0.15) is 0 Å². The Labute approximate surface area is 140 Å². The molecule has 24 heavy (non-hydrogen) atoms. The number of rotatable bonds is 5. The van der Waals surface area contributed by atoms with Gasteiger partial charge in [0.15, 0.2) is 0 Å². The first-order valence-electron chi connectivity index (χ1n) is 7.38. The maximum absolute atomic E-state index is 12.1. The fourth-order valence-corrected chi connectivity index (χ4v) is 3.38. The minimum absolute atomic E-state index is 0.128. The summed E-state index contributed by atoms with van der Waals surface area (Å²) in [7, 11) is -3.70. The zero-order chi connectivity index (χ0) is 17.0. The molecule has 1 amide bonds. The van der Waals surface area contributed by atoms with Crippen molar-refractivity contribution in [2.24, 2.45) is 0 Å². The van der Waals surface area contributed by atoms with E-state index in [9.17, 15) is 13.2 Å². The van der Waals surface area contributed by atoms with Gasteiger partial charge in [-0.15, -0.1) is 0 Å². The molecule has 0 aliphatic heterocycles. The molecule has 0 spiro atoms. The van der Waals surface area contributed by atoms with E-state index in [1.165, 1.54) is 12.1 Å². The van der Waals surface area contributed by atoms with Gasteiger partial charge < -0.3 is 5.32 Å². The number of fused-ring (bicyclic) bond motifs is 1. The van der Waals surface area contributed by atoms with Gasteiger partial charge in [-0.1, -0.05) is 54.6 Å². The van der Waals surface area contributed by atoms with Crippen LogP contribution in [0.4, 0.5) is 5.69 Å². The van der Waals surface area contributed by atoms with Crippen LogP contribution in [0.15, 0.2) is 77.7 Å². The molecule has 0 bridgehead atoms. The lowest BCUT2D eigenvalue weighted by Crippen LogP contribution is -2.32. The first-order chi connectivity index (χ1) is 11.6. The first kappa shape index (κ1) is 16.2. The minimum atomic E-state index is -3.70. The second-order valence-corrected chi connectivity index (χ2v) is 6.98. The van der Waals surface area contributed by atoms with Crippen molar-refractivity contribution < 1.29 is 13.2 Å². The van der Waals surface area contributed by atoms with E-state index in [1.54, 1.807) is 24.3 Å². The number of carbonyl (C=O) groups excluding carboxylic acids is 1. The summed E-state index contributed by atoms with van der Waals surface area (Å²) in [5.74, 6) is -0.425. The van der Waals surface area contributed by atoms with Crippen molar-refractivity contribution in [3.63, 3.8) is 0 Å². The summed E-state index contributed by atoms with van der Waals surface area (Å²) >= 11 is 0. The van der Waals surface area contributed by atoms with Crippen LogP contribution < -0.4 is 10.0 Å². The molecule has 0 unspecified atom stereocenters. The molecule has 122 valence electrons. The van der Waals surface area contributed by atoms with Crippen molar-refractivity contribution in [3.8, 4) is 0 Å². The summed E-state index contributed by atoms with van der Waals surface area (Å²) in [6, 6.07) is 21.2. The molecule has 2 N–H and O–H groups in total. The molecule has 0 aromatic heterocycles. The summed E-state index contributed by atoms with van der Waals surface area (Å²) in [5, 5.41) is 4.65. The van der Waals surface area contributed by atoms with Crippen LogP contribution in [-0.4, -0.2) is 20.9 Å². The average Bonchev–Trinajstić information content (AvgIpc) is 2.61. The Hall–Kier alpha value is -2.70. The van der Waals surface area contributed by atoms with Gasteiger partial charge in [0.05, 0.1) is 11.4 Å². The van der Waals surface area contributed by atoms with E-state index in [4.69, 9.17) is 0 Å². The molecule has 3 aromatic rings. The molecule has 0 fully saturated rings. The van der Waals surface area contributed by atoms with Gasteiger partial charge in [0, 0.05) is 11.1 Å². The van der Waals surface area contributed by atoms with Crippen LogP contribution in [0.3, 0.4) is 0 Å². The lowest BCUT2D eigenvalue weighted by Gasteiger charge is -2.10. The fourth-order valence-electron chi connectivity index (χ4n) is 2.37. The number of carbonyl (C=O) groups is 1. The van der Waals surface area contributed by atoms with Gasteiger partial charge in [-0.05, 0) is 23.6 Å². The highest BCUT2D eigenvalue weighted by atomic mass is 32.2. The number of sulfonamides is 1. The summed E-state index contributed by atoms with van der Waals surface area (Å²) < 4.78 is 26.5. The van der Waals surface area contributed by atoms with Crippen LogP contribution in [0.2, 0.25) is 0 Å². The van der Waals surface area contributed by atoms with Gasteiger partial charge >= 0.3 is 0 Å². The van der Waals surface area contributed by atoms with Crippen LogP contribution in [-0.2, 0) is 14.8 Å². The summed E-state index contributed by atoms with van der Waals surface area (Å²) in [5.41, 5.74) is 0.650. The van der Waals surface area contributed by atoms with E-state index in [-0.39, 0.29) is 11.4 Å². The molecule has 0 aliphatic rings. The fraction of sp³-hybridized carbons (Fsp3) is 0.0556. The van der Waals surface area contributed by atoms with Gasteiger partial charge in [-0.3, -0.25) is 4.79 Å². The van der Waals surface area contributed by atoms with E-state index in [0.717, 1.165) is 10.8 Å². The first-order valence-corrected chi connectivity index (χ1v) is 8.87. The Balaban J connectivity index is 1.70. The second-order valence-electron chi connectivity index (χ2n) is 5.21. The van der Waals surface area contributed by atoms with E-state index in [0.29, 0.717) is 5.69 Å². The Morgan fingerprint density at radius 1 is 0.833 bits per heavy atom. The van der Waals surface area contributed by atoms with Crippen LogP contribution in [0.25, 0.3) is 10.8 Å². The summed E-state index contributed by atoms with van der Waals surface area (Å²) in [6.07, 6.45) is 0. The molecule has 0 atom stereocenters. The minimum Gasteiger partial charge on any atom is -0.324 e. The highest BCUT2D eigenvalue weighted by Gasteiger charge is 2.15. The van der Waals surface area contributed by atoms with Crippen LogP contribution in [0, 0.1) is 0 Å². The average molecular weight is 340 g/mol. The molecule has 0 saturated carbocycles.